The largest absolute Gasteiger partial charge is 0.435 e. The molecular formula is C24H26F2N2O5S. The normalized spacial score (nSPS) is 20.3. The van der Waals surface area contributed by atoms with Crippen LogP contribution in [0.25, 0.3) is 0 Å². The fourth-order valence-corrected chi connectivity index (χ4v) is 6.34. The number of alkyl halides is 2. The molecule has 2 aliphatic rings. The summed E-state index contributed by atoms with van der Waals surface area (Å²) in [5, 5.41) is 0. The summed E-state index contributed by atoms with van der Waals surface area (Å²) >= 11 is 0. The summed E-state index contributed by atoms with van der Waals surface area (Å²) in [5.41, 5.74) is 0.238. The van der Waals surface area contributed by atoms with Gasteiger partial charge in [0.25, 0.3) is 0 Å². The van der Waals surface area contributed by atoms with Crippen molar-refractivity contribution in [2.45, 2.75) is 52.1 Å². The Kier molecular flexibility index (Phi) is 6.00. The van der Waals surface area contributed by atoms with Crippen LogP contribution in [0.4, 0.5) is 20.2 Å². The van der Waals surface area contributed by atoms with Crippen LogP contribution in [-0.2, 0) is 20.0 Å². The van der Waals surface area contributed by atoms with Gasteiger partial charge in [-0.3, -0.25) is 19.5 Å². The highest BCUT2D eigenvalue weighted by atomic mass is 32.2. The fraction of sp³-hybridized carbons (Fsp3) is 0.458. The molecule has 7 nitrogen and oxygen atoms in total. The number of ketones is 1. The van der Waals surface area contributed by atoms with Crippen molar-refractivity contribution in [2.24, 2.45) is 5.41 Å². The second kappa shape index (κ2) is 8.41. The standard InChI is InChI=1S/C24H26F2N2O5S/c1-23(2)17-12-18(20(29)13-24(3)7-9-34(31,32)10-8-24)27-14-19(17)28(21(23)30)15-5-4-6-16(11-15)33-22(25)26/h4-6,11-12,14,22H,7-10,13H2,1-3H3. The quantitative estimate of drug-likeness (QED) is 0.554. The second-order valence-electron chi connectivity index (χ2n) is 9.79. The van der Waals surface area contributed by atoms with Crippen molar-refractivity contribution in [3.63, 3.8) is 0 Å². The van der Waals surface area contributed by atoms with Gasteiger partial charge in [-0.25, -0.2) is 8.42 Å². The third kappa shape index (κ3) is 4.55. The molecule has 1 saturated heterocycles. The van der Waals surface area contributed by atoms with E-state index >= 15 is 0 Å². The molecule has 0 N–H and O–H groups in total. The van der Waals surface area contributed by atoms with Gasteiger partial charge in [0, 0.05) is 12.5 Å². The number of carbonyl (C=O) groups is 2. The van der Waals surface area contributed by atoms with Gasteiger partial charge < -0.3 is 4.74 Å². The molecule has 1 aromatic carbocycles. The molecule has 2 aliphatic heterocycles. The van der Waals surface area contributed by atoms with Crippen molar-refractivity contribution in [1.29, 1.82) is 0 Å². The summed E-state index contributed by atoms with van der Waals surface area (Å²) in [6, 6.07) is 7.46. The average molecular weight is 493 g/mol. The number of sulfone groups is 1. The molecule has 1 aromatic heterocycles. The first-order valence-corrected chi connectivity index (χ1v) is 12.8. The molecule has 0 spiro atoms. The van der Waals surface area contributed by atoms with Gasteiger partial charge in [-0.1, -0.05) is 13.0 Å². The summed E-state index contributed by atoms with van der Waals surface area (Å²) in [5.74, 6) is -0.432. The Bertz CT molecular complexity index is 1250. The van der Waals surface area contributed by atoms with E-state index in [1.807, 2.05) is 6.92 Å². The summed E-state index contributed by atoms with van der Waals surface area (Å²) in [7, 11) is -3.05. The number of benzene rings is 1. The van der Waals surface area contributed by atoms with Crippen LogP contribution in [0, 0.1) is 5.41 Å². The van der Waals surface area contributed by atoms with Crippen molar-refractivity contribution in [3.8, 4) is 5.75 Å². The molecule has 34 heavy (non-hydrogen) atoms. The minimum Gasteiger partial charge on any atom is -0.435 e. The molecule has 0 unspecified atom stereocenters. The van der Waals surface area contributed by atoms with E-state index < -0.39 is 27.3 Å². The lowest BCUT2D eigenvalue weighted by Crippen LogP contribution is -2.33. The van der Waals surface area contributed by atoms with Gasteiger partial charge in [-0.2, -0.15) is 8.78 Å². The number of amides is 1. The van der Waals surface area contributed by atoms with E-state index in [0.717, 1.165) is 0 Å². The van der Waals surface area contributed by atoms with E-state index in [1.54, 1.807) is 26.0 Å². The highest BCUT2D eigenvalue weighted by Crippen LogP contribution is 2.46. The van der Waals surface area contributed by atoms with Crippen molar-refractivity contribution in [2.75, 3.05) is 16.4 Å². The first-order chi connectivity index (χ1) is 15.8. The summed E-state index contributed by atoms with van der Waals surface area (Å²) in [4.78, 5) is 32.1. The number of hydrogen-bond acceptors (Lipinski definition) is 6. The molecule has 182 valence electrons. The van der Waals surface area contributed by atoms with E-state index in [2.05, 4.69) is 9.72 Å². The lowest BCUT2D eigenvalue weighted by atomic mass is 9.78. The van der Waals surface area contributed by atoms with Gasteiger partial charge in [0.05, 0.1) is 34.5 Å². The van der Waals surface area contributed by atoms with E-state index in [9.17, 15) is 26.8 Å². The monoisotopic (exact) mass is 492 g/mol. The van der Waals surface area contributed by atoms with Crippen LogP contribution in [0.1, 0.15) is 56.1 Å². The molecule has 4 rings (SSSR count). The van der Waals surface area contributed by atoms with Gasteiger partial charge in [0.2, 0.25) is 5.91 Å². The molecule has 10 heteroatoms. The number of pyridine rings is 1. The van der Waals surface area contributed by atoms with Gasteiger partial charge >= 0.3 is 6.61 Å². The fourth-order valence-electron chi connectivity index (χ4n) is 4.52. The van der Waals surface area contributed by atoms with E-state index in [1.165, 1.54) is 29.3 Å². The van der Waals surface area contributed by atoms with Gasteiger partial charge in [-0.15, -0.1) is 0 Å². The summed E-state index contributed by atoms with van der Waals surface area (Å²) < 4.78 is 53.3. The maximum atomic E-state index is 13.3. The van der Waals surface area contributed by atoms with Gasteiger partial charge in [-0.05, 0) is 55.9 Å². The highest BCUT2D eigenvalue weighted by molar-refractivity contribution is 7.91. The molecule has 0 bridgehead atoms. The molecule has 1 amide bonds. The summed E-state index contributed by atoms with van der Waals surface area (Å²) in [6.07, 6.45) is 2.45. The zero-order valence-electron chi connectivity index (χ0n) is 19.2. The van der Waals surface area contributed by atoms with E-state index in [-0.39, 0.29) is 41.1 Å². The molecule has 3 heterocycles. The maximum absolute atomic E-state index is 13.3. The lowest BCUT2D eigenvalue weighted by molar-refractivity contribution is -0.121. The molecule has 1 fully saturated rings. The molecule has 0 atom stereocenters. The first-order valence-electron chi connectivity index (χ1n) is 10.9. The lowest BCUT2D eigenvalue weighted by Gasteiger charge is -2.32. The highest BCUT2D eigenvalue weighted by Gasteiger charge is 2.45. The van der Waals surface area contributed by atoms with Crippen molar-refractivity contribution >= 4 is 32.9 Å². The van der Waals surface area contributed by atoms with Crippen LogP contribution in [0.3, 0.4) is 0 Å². The minimum absolute atomic E-state index is 0.0687. The Morgan fingerprint density at radius 2 is 1.85 bits per heavy atom. The summed E-state index contributed by atoms with van der Waals surface area (Å²) in [6.45, 7) is 2.38. The van der Waals surface area contributed by atoms with Gasteiger partial charge in [0.15, 0.2) is 5.78 Å². The number of aromatic nitrogens is 1. The smallest absolute Gasteiger partial charge is 0.387 e. The Morgan fingerprint density at radius 1 is 1.18 bits per heavy atom. The van der Waals surface area contributed by atoms with Crippen molar-refractivity contribution < 1.29 is 31.5 Å². The number of nitrogens with zero attached hydrogens (tertiary/aromatic N) is 2. The number of rotatable bonds is 6. The number of Topliss-reactive ketones (excluding diaryl/α,β-unsaturated/α-hetero) is 1. The van der Waals surface area contributed by atoms with Crippen molar-refractivity contribution in [1.82, 2.24) is 4.98 Å². The molecule has 0 radical (unpaired) electrons. The Hall–Kier alpha value is -2.88. The second-order valence-corrected chi connectivity index (χ2v) is 12.1. The Labute approximate surface area is 197 Å². The topological polar surface area (TPSA) is 93.6 Å². The predicted octanol–water partition coefficient (Wildman–Crippen LogP) is 4.43. The molecule has 2 aromatic rings. The number of ether oxygens (including phenoxy) is 1. The van der Waals surface area contributed by atoms with Crippen molar-refractivity contribution in [3.05, 3.63) is 47.8 Å². The van der Waals surface area contributed by atoms with E-state index in [0.29, 0.717) is 29.8 Å². The zero-order valence-corrected chi connectivity index (χ0v) is 20.0. The van der Waals surface area contributed by atoms with Gasteiger partial charge in [0.1, 0.15) is 21.3 Å². The number of anilines is 2. The zero-order chi connectivity index (χ0) is 24.9. The third-order valence-corrected chi connectivity index (χ3v) is 8.39. The van der Waals surface area contributed by atoms with Crippen LogP contribution in [0.5, 0.6) is 5.75 Å². The van der Waals surface area contributed by atoms with Crippen LogP contribution in [0.2, 0.25) is 0 Å². The predicted molar refractivity (Wildman–Crippen MR) is 122 cm³/mol. The number of fused-ring (bicyclic) bond motifs is 1. The SMILES string of the molecule is CC1(CC(=O)c2cc3c(cn2)N(c2cccc(OC(F)F)c2)C(=O)C3(C)C)CCS(=O)(=O)CC1. The van der Waals surface area contributed by atoms with Crippen LogP contribution < -0.4 is 9.64 Å². The van der Waals surface area contributed by atoms with E-state index in [4.69, 9.17) is 0 Å². The van der Waals surface area contributed by atoms with Crippen LogP contribution in [0.15, 0.2) is 36.5 Å². The first kappa shape index (κ1) is 24.3. The molecular weight excluding hydrogens is 466 g/mol. The molecule has 0 saturated carbocycles. The number of carbonyl (C=O) groups excluding carboxylic acids is 2. The average Bonchev–Trinajstić information content (AvgIpc) is 2.95. The minimum atomic E-state index is -3.05. The maximum Gasteiger partial charge on any atom is 0.387 e. The third-order valence-electron chi connectivity index (χ3n) is 6.74. The number of hydrogen-bond donors (Lipinski definition) is 0. The molecule has 0 aliphatic carbocycles. The Balaban J connectivity index is 1.63. The van der Waals surface area contributed by atoms with Crippen LogP contribution >= 0.6 is 0 Å². The number of halogens is 2. The van der Waals surface area contributed by atoms with Crippen LogP contribution in [-0.4, -0.2) is 43.2 Å². The Morgan fingerprint density at radius 3 is 2.50 bits per heavy atom.